The molecule has 20 heavy (non-hydrogen) atoms. The second-order valence-corrected chi connectivity index (χ2v) is 4.48. The summed E-state index contributed by atoms with van der Waals surface area (Å²) in [6, 6.07) is 7.76. The molecule has 0 fully saturated rings. The summed E-state index contributed by atoms with van der Waals surface area (Å²) in [6.45, 7) is 4.44. The van der Waals surface area contributed by atoms with Gasteiger partial charge in [-0.3, -0.25) is 4.98 Å². The number of ether oxygens (including phenoxy) is 3. The van der Waals surface area contributed by atoms with E-state index in [1.165, 1.54) is 5.56 Å². The van der Waals surface area contributed by atoms with Gasteiger partial charge >= 0.3 is 0 Å². The van der Waals surface area contributed by atoms with Gasteiger partial charge in [0, 0.05) is 12.3 Å². The van der Waals surface area contributed by atoms with Crippen molar-refractivity contribution in [3.8, 4) is 17.2 Å². The minimum absolute atomic E-state index is 0.338. The van der Waals surface area contributed by atoms with E-state index >= 15 is 0 Å². The number of rotatable bonds is 5. The molecule has 0 bridgehead atoms. The zero-order valence-corrected chi connectivity index (χ0v) is 12.3. The number of hydrogen-bond acceptors (Lipinski definition) is 4. The Morgan fingerprint density at radius 1 is 1.00 bits per heavy atom. The first-order valence-corrected chi connectivity index (χ1v) is 6.42. The van der Waals surface area contributed by atoms with Crippen molar-refractivity contribution in [1.29, 1.82) is 0 Å². The monoisotopic (exact) mass is 273 g/mol. The van der Waals surface area contributed by atoms with Crippen molar-refractivity contribution in [2.45, 2.75) is 20.5 Å². The normalized spacial score (nSPS) is 10.2. The van der Waals surface area contributed by atoms with Crippen molar-refractivity contribution in [3.05, 3.63) is 47.3 Å². The lowest BCUT2D eigenvalue weighted by atomic mass is 10.1. The highest BCUT2D eigenvalue weighted by atomic mass is 16.5. The summed E-state index contributed by atoms with van der Waals surface area (Å²) in [5, 5.41) is 0. The zero-order valence-electron chi connectivity index (χ0n) is 12.3. The summed E-state index contributed by atoms with van der Waals surface area (Å²) < 4.78 is 16.4. The van der Waals surface area contributed by atoms with Crippen molar-refractivity contribution < 1.29 is 14.2 Å². The number of aryl methyl sites for hydroxylation is 1. The van der Waals surface area contributed by atoms with E-state index in [9.17, 15) is 0 Å². The lowest BCUT2D eigenvalue weighted by Crippen LogP contribution is -2.04. The molecule has 0 saturated carbocycles. The molecule has 0 spiro atoms. The fourth-order valence-electron chi connectivity index (χ4n) is 1.98. The maximum absolute atomic E-state index is 5.85. The number of nitrogens with zero attached hydrogens (tertiary/aromatic N) is 1. The molecule has 1 aromatic heterocycles. The van der Waals surface area contributed by atoms with Crippen LogP contribution >= 0.6 is 0 Å². The van der Waals surface area contributed by atoms with Gasteiger partial charge in [-0.05, 0) is 31.0 Å². The van der Waals surface area contributed by atoms with Crippen molar-refractivity contribution in [3.63, 3.8) is 0 Å². The molecule has 106 valence electrons. The molecule has 0 saturated heterocycles. The smallest absolute Gasteiger partial charge is 0.185 e. The fourth-order valence-corrected chi connectivity index (χ4v) is 1.98. The summed E-state index contributed by atoms with van der Waals surface area (Å²) in [4.78, 5) is 4.30. The molecule has 0 unspecified atom stereocenters. The molecule has 4 nitrogen and oxygen atoms in total. The number of hydrogen-bond donors (Lipinski definition) is 0. The van der Waals surface area contributed by atoms with Crippen LogP contribution in [0.3, 0.4) is 0 Å². The van der Waals surface area contributed by atoms with Gasteiger partial charge in [0.1, 0.15) is 18.1 Å². The maximum Gasteiger partial charge on any atom is 0.185 e. The van der Waals surface area contributed by atoms with Crippen molar-refractivity contribution in [1.82, 2.24) is 4.98 Å². The van der Waals surface area contributed by atoms with Crippen molar-refractivity contribution in [2.75, 3.05) is 14.2 Å². The third kappa shape index (κ3) is 2.85. The first-order chi connectivity index (χ1) is 9.67. The van der Waals surface area contributed by atoms with E-state index in [-0.39, 0.29) is 0 Å². The van der Waals surface area contributed by atoms with Gasteiger partial charge in [-0.25, -0.2) is 0 Å². The molecule has 0 atom stereocenters. The Morgan fingerprint density at radius 2 is 1.80 bits per heavy atom. The fraction of sp³-hybridized carbons (Fsp3) is 0.312. The Labute approximate surface area is 119 Å². The van der Waals surface area contributed by atoms with Gasteiger partial charge in [0.25, 0.3) is 0 Å². The number of methoxy groups -OCH3 is 2. The minimum Gasteiger partial charge on any atom is -0.493 e. The Hall–Kier alpha value is -2.23. The quantitative estimate of drug-likeness (QED) is 0.838. The number of pyridine rings is 1. The molecular weight excluding hydrogens is 254 g/mol. The van der Waals surface area contributed by atoms with Gasteiger partial charge in [-0.15, -0.1) is 0 Å². The van der Waals surface area contributed by atoms with Gasteiger partial charge in [-0.2, -0.15) is 0 Å². The zero-order chi connectivity index (χ0) is 14.5. The van der Waals surface area contributed by atoms with E-state index < -0.39 is 0 Å². The number of benzene rings is 1. The summed E-state index contributed by atoms with van der Waals surface area (Å²) in [6.07, 6.45) is 1.68. The summed E-state index contributed by atoms with van der Waals surface area (Å²) in [5.41, 5.74) is 3.05. The highest BCUT2D eigenvalue weighted by Gasteiger charge is 2.12. The van der Waals surface area contributed by atoms with Crippen LogP contribution in [0.2, 0.25) is 0 Å². The van der Waals surface area contributed by atoms with E-state index in [4.69, 9.17) is 14.2 Å². The van der Waals surface area contributed by atoms with Crippen LogP contribution in [0.25, 0.3) is 0 Å². The lowest BCUT2D eigenvalue weighted by Gasteiger charge is -2.14. The molecule has 4 heteroatoms. The molecule has 2 aromatic rings. The molecule has 1 aromatic carbocycles. The van der Waals surface area contributed by atoms with Crippen LogP contribution in [-0.4, -0.2) is 19.2 Å². The Kier molecular flexibility index (Phi) is 4.45. The van der Waals surface area contributed by atoms with Crippen LogP contribution in [0, 0.1) is 13.8 Å². The standard InChI is InChI=1S/C16H19NO3/c1-11-6-5-7-14(12(11)2)20-10-13-16(19-4)15(18-3)8-9-17-13/h5-9H,10H2,1-4H3. The van der Waals surface area contributed by atoms with Crippen LogP contribution < -0.4 is 14.2 Å². The minimum atomic E-state index is 0.338. The summed E-state index contributed by atoms with van der Waals surface area (Å²) >= 11 is 0. The second-order valence-electron chi connectivity index (χ2n) is 4.48. The van der Waals surface area contributed by atoms with E-state index in [0.717, 1.165) is 11.3 Å². The van der Waals surface area contributed by atoms with Crippen LogP contribution in [-0.2, 0) is 6.61 Å². The molecule has 0 radical (unpaired) electrons. The van der Waals surface area contributed by atoms with Crippen LogP contribution in [0.5, 0.6) is 17.2 Å². The summed E-state index contributed by atoms with van der Waals surface area (Å²) in [7, 11) is 3.20. The Bertz CT molecular complexity index is 596. The third-order valence-electron chi connectivity index (χ3n) is 3.29. The topological polar surface area (TPSA) is 40.6 Å². The Balaban J connectivity index is 2.21. The van der Waals surface area contributed by atoms with Crippen LogP contribution in [0.4, 0.5) is 0 Å². The van der Waals surface area contributed by atoms with E-state index in [1.807, 2.05) is 19.1 Å². The van der Waals surface area contributed by atoms with Gasteiger partial charge < -0.3 is 14.2 Å². The molecule has 0 aliphatic carbocycles. The first kappa shape index (κ1) is 14.2. The van der Waals surface area contributed by atoms with Gasteiger partial charge in [-0.1, -0.05) is 12.1 Å². The predicted octanol–water partition coefficient (Wildman–Crippen LogP) is 3.29. The lowest BCUT2D eigenvalue weighted by molar-refractivity contribution is 0.283. The van der Waals surface area contributed by atoms with E-state index in [0.29, 0.717) is 23.8 Å². The molecule has 2 rings (SSSR count). The van der Waals surface area contributed by atoms with Crippen LogP contribution in [0.15, 0.2) is 30.5 Å². The number of aromatic nitrogens is 1. The summed E-state index contributed by atoms with van der Waals surface area (Å²) in [5.74, 6) is 2.12. The maximum atomic E-state index is 5.85. The SMILES string of the molecule is COc1ccnc(COc2cccc(C)c2C)c1OC. The predicted molar refractivity (Wildman–Crippen MR) is 77.6 cm³/mol. The van der Waals surface area contributed by atoms with E-state index in [2.05, 4.69) is 18.0 Å². The van der Waals surface area contributed by atoms with Crippen LogP contribution in [0.1, 0.15) is 16.8 Å². The highest BCUT2D eigenvalue weighted by molar-refractivity contribution is 5.43. The van der Waals surface area contributed by atoms with Gasteiger partial charge in [0.05, 0.1) is 14.2 Å². The molecule has 1 heterocycles. The molecular formula is C16H19NO3. The van der Waals surface area contributed by atoms with Gasteiger partial charge in [0.15, 0.2) is 11.5 Å². The van der Waals surface area contributed by atoms with Gasteiger partial charge in [0.2, 0.25) is 0 Å². The average molecular weight is 273 g/mol. The molecule has 0 amide bonds. The molecule has 0 aliphatic heterocycles. The van der Waals surface area contributed by atoms with E-state index in [1.54, 1.807) is 26.5 Å². The average Bonchev–Trinajstić information content (AvgIpc) is 2.48. The first-order valence-electron chi connectivity index (χ1n) is 6.42. The third-order valence-corrected chi connectivity index (χ3v) is 3.29. The highest BCUT2D eigenvalue weighted by Crippen LogP contribution is 2.30. The second kappa shape index (κ2) is 6.28. The largest absolute Gasteiger partial charge is 0.493 e. The molecule has 0 N–H and O–H groups in total. The molecule has 0 aliphatic rings. The van der Waals surface area contributed by atoms with Crippen molar-refractivity contribution >= 4 is 0 Å². The Morgan fingerprint density at radius 3 is 2.50 bits per heavy atom. The van der Waals surface area contributed by atoms with Crippen molar-refractivity contribution in [2.24, 2.45) is 0 Å².